The maximum absolute atomic E-state index is 12.1. The fraction of sp³-hybridized carbons (Fsp3) is 0.562. The molecule has 1 amide bonds. The minimum absolute atomic E-state index is 0.0658. The van der Waals surface area contributed by atoms with Gasteiger partial charge in [0.15, 0.2) is 6.61 Å². The van der Waals surface area contributed by atoms with Gasteiger partial charge in [0, 0.05) is 37.7 Å². The molecule has 1 aliphatic carbocycles. The van der Waals surface area contributed by atoms with Gasteiger partial charge in [0.1, 0.15) is 5.75 Å². The van der Waals surface area contributed by atoms with E-state index in [1.807, 2.05) is 4.90 Å². The maximum Gasteiger partial charge on any atom is 0.260 e. The van der Waals surface area contributed by atoms with Crippen molar-refractivity contribution < 1.29 is 9.53 Å². The average Bonchev–Trinajstić information content (AvgIpc) is 3.31. The van der Waals surface area contributed by atoms with Gasteiger partial charge in [0.2, 0.25) is 0 Å². The second-order valence-corrected chi connectivity index (χ2v) is 6.30. The van der Waals surface area contributed by atoms with Crippen LogP contribution >= 0.6 is 11.6 Å². The van der Waals surface area contributed by atoms with E-state index in [-0.39, 0.29) is 12.5 Å². The maximum atomic E-state index is 12.1. The van der Waals surface area contributed by atoms with Crippen molar-refractivity contribution in [1.82, 2.24) is 9.80 Å². The fourth-order valence-corrected chi connectivity index (χ4v) is 2.74. The Bertz CT molecular complexity index is 480. The summed E-state index contributed by atoms with van der Waals surface area (Å²) in [7, 11) is 0. The van der Waals surface area contributed by atoms with Crippen molar-refractivity contribution in [3.63, 3.8) is 0 Å². The predicted octanol–water partition coefficient (Wildman–Crippen LogP) is 2.27. The number of hydrogen-bond donors (Lipinski definition) is 0. The van der Waals surface area contributed by atoms with Crippen molar-refractivity contribution in [2.75, 3.05) is 39.3 Å². The number of amides is 1. The highest BCUT2D eigenvalue weighted by Crippen LogP contribution is 2.29. The Morgan fingerprint density at radius 3 is 2.43 bits per heavy atom. The van der Waals surface area contributed by atoms with Crippen molar-refractivity contribution >= 4 is 17.5 Å². The van der Waals surface area contributed by atoms with E-state index in [0.29, 0.717) is 10.8 Å². The molecule has 0 bridgehead atoms. The molecule has 0 spiro atoms. The summed E-state index contributed by atoms with van der Waals surface area (Å²) < 4.78 is 5.51. The van der Waals surface area contributed by atoms with Crippen LogP contribution in [0.3, 0.4) is 0 Å². The largest absolute Gasteiger partial charge is 0.484 e. The Morgan fingerprint density at radius 1 is 1.14 bits per heavy atom. The summed E-state index contributed by atoms with van der Waals surface area (Å²) in [5.74, 6) is 1.66. The second kappa shape index (κ2) is 6.67. The summed E-state index contributed by atoms with van der Waals surface area (Å²) in [4.78, 5) is 16.5. The Balaban J connectivity index is 1.40. The molecular formula is C16H21ClN2O2. The molecule has 0 aromatic heterocycles. The first-order chi connectivity index (χ1) is 10.2. The lowest BCUT2D eigenvalue weighted by atomic mass is 10.3. The molecule has 5 heteroatoms. The minimum atomic E-state index is 0.0658. The molecule has 0 radical (unpaired) electrons. The zero-order valence-electron chi connectivity index (χ0n) is 12.1. The molecule has 1 aliphatic heterocycles. The number of nitrogens with zero attached hydrogens (tertiary/aromatic N) is 2. The number of ether oxygens (including phenoxy) is 1. The van der Waals surface area contributed by atoms with Gasteiger partial charge in [-0.05, 0) is 43.0 Å². The number of piperazine rings is 1. The summed E-state index contributed by atoms with van der Waals surface area (Å²) >= 11 is 5.81. The molecule has 1 heterocycles. The summed E-state index contributed by atoms with van der Waals surface area (Å²) in [6.45, 7) is 4.92. The number of hydrogen-bond acceptors (Lipinski definition) is 3. The van der Waals surface area contributed by atoms with Gasteiger partial charge in [0.05, 0.1) is 0 Å². The van der Waals surface area contributed by atoms with Gasteiger partial charge in [-0.25, -0.2) is 0 Å². The first-order valence-electron chi connectivity index (χ1n) is 7.59. The summed E-state index contributed by atoms with van der Waals surface area (Å²) in [5.41, 5.74) is 0. The van der Waals surface area contributed by atoms with Crippen LogP contribution in [0.5, 0.6) is 5.75 Å². The van der Waals surface area contributed by atoms with Crippen molar-refractivity contribution in [2.24, 2.45) is 5.92 Å². The lowest BCUT2D eigenvalue weighted by Crippen LogP contribution is -2.50. The number of carbonyl (C=O) groups excluding carboxylic acids is 1. The smallest absolute Gasteiger partial charge is 0.260 e. The van der Waals surface area contributed by atoms with E-state index in [1.54, 1.807) is 24.3 Å². The number of rotatable bonds is 5. The molecule has 1 saturated heterocycles. The molecule has 2 aliphatic rings. The van der Waals surface area contributed by atoms with E-state index in [2.05, 4.69) is 4.90 Å². The van der Waals surface area contributed by atoms with Gasteiger partial charge in [-0.3, -0.25) is 9.69 Å². The van der Waals surface area contributed by atoms with Crippen LogP contribution in [0.1, 0.15) is 12.8 Å². The van der Waals surface area contributed by atoms with Crippen molar-refractivity contribution in [1.29, 1.82) is 0 Å². The molecule has 1 aromatic rings. The van der Waals surface area contributed by atoms with E-state index < -0.39 is 0 Å². The molecule has 21 heavy (non-hydrogen) atoms. The number of benzene rings is 1. The van der Waals surface area contributed by atoms with Crippen LogP contribution in [0.2, 0.25) is 5.02 Å². The molecule has 3 rings (SSSR count). The highest BCUT2D eigenvalue weighted by Gasteiger charge is 2.27. The summed E-state index contributed by atoms with van der Waals surface area (Å²) in [5, 5.41) is 0.667. The first-order valence-corrected chi connectivity index (χ1v) is 7.97. The normalized spacial score (nSPS) is 19.6. The minimum Gasteiger partial charge on any atom is -0.484 e. The Hall–Kier alpha value is -1.26. The van der Waals surface area contributed by atoms with Crippen LogP contribution in [0, 0.1) is 5.92 Å². The predicted molar refractivity (Wildman–Crippen MR) is 82.7 cm³/mol. The number of halogens is 1. The van der Waals surface area contributed by atoms with Crippen molar-refractivity contribution in [3.8, 4) is 5.75 Å². The van der Waals surface area contributed by atoms with E-state index in [9.17, 15) is 4.79 Å². The monoisotopic (exact) mass is 308 g/mol. The molecule has 4 nitrogen and oxygen atoms in total. The lowest BCUT2D eigenvalue weighted by Gasteiger charge is -2.34. The SMILES string of the molecule is O=C(COc1ccc(Cl)cc1)N1CCN(CC2CC2)CC1. The highest BCUT2D eigenvalue weighted by molar-refractivity contribution is 6.30. The van der Waals surface area contributed by atoms with Gasteiger partial charge in [-0.1, -0.05) is 11.6 Å². The van der Waals surface area contributed by atoms with Gasteiger partial charge in [-0.2, -0.15) is 0 Å². The molecule has 1 aromatic carbocycles. The Morgan fingerprint density at radius 2 is 1.81 bits per heavy atom. The van der Waals surface area contributed by atoms with Gasteiger partial charge in [-0.15, -0.1) is 0 Å². The topological polar surface area (TPSA) is 32.8 Å². The van der Waals surface area contributed by atoms with E-state index >= 15 is 0 Å². The molecular weight excluding hydrogens is 288 g/mol. The molecule has 0 atom stereocenters. The van der Waals surface area contributed by atoms with Crippen LogP contribution in [-0.2, 0) is 4.79 Å². The molecule has 0 unspecified atom stereocenters. The number of carbonyl (C=O) groups is 1. The van der Waals surface area contributed by atoms with E-state index in [0.717, 1.165) is 32.1 Å². The van der Waals surface area contributed by atoms with Gasteiger partial charge in [0.25, 0.3) is 5.91 Å². The van der Waals surface area contributed by atoms with Crippen LogP contribution in [0.15, 0.2) is 24.3 Å². The Kier molecular flexibility index (Phi) is 4.66. The fourth-order valence-electron chi connectivity index (χ4n) is 2.61. The quantitative estimate of drug-likeness (QED) is 0.836. The molecule has 2 fully saturated rings. The molecule has 1 saturated carbocycles. The van der Waals surface area contributed by atoms with Crippen LogP contribution < -0.4 is 4.74 Å². The second-order valence-electron chi connectivity index (χ2n) is 5.87. The van der Waals surface area contributed by atoms with Crippen molar-refractivity contribution in [2.45, 2.75) is 12.8 Å². The molecule has 114 valence electrons. The summed E-state index contributed by atoms with van der Waals surface area (Å²) in [6, 6.07) is 7.09. The van der Waals surface area contributed by atoms with Gasteiger partial charge >= 0.3 is 0 Å². The molecule has 0 N–H and O–H groups in total. The third-order valence-electron chi connectivity index (χ3n) is 4.11. The van der Waals surface area contributed by atoms with Gasteiger partial charge < -0.3 is 9.64 Å². The third-order valence-corrected chi connectivity index (χ3v) is 4.37. The lowest BCUT2D eigenvalue weighted by molar-refractivity contribution is -0.135. The van der Waals surface area contributed by atoms with Crippen LogP contribution in [-0.4, -0.2) is 55.0 Å². The highest BCUT2D eigenvalue weighted by atomic mass is 35.5. The average molecular weight is 309 g/mol. The van der Waals surface area contributed by atoms with E-state index in [1.165, 1.54) is 19.4 Å². The Labute approximate surface area is 130 Å². The summed E-state index contributed by atoms with van der Waals surface area (Å²) in [6.07, 6.45) is 2.77. The van der Waals surface area contributed by atoms with Crippen LogP contribution in [0.4, 0.5) is 0 Å². The third kappa shape index (κ3) is 4.35. The zero-order valence-corrected chi connectivity index (χ0v) is 12.9. The standard InChI is InChI=1S/C16H21ClN2O2/c17-14-3-5-15(6-4-14)21-12-16(20)19-9-7-18(8-10-19)11-13-1-2-13/h3-6,13H,1-2,7-12H2. The van der Waals surface area contributed by atoms with E-state index in [4.69, 9.17) is 16.3 Å². The zero-order chi connectivity index (χ0) is 14.7. The van der Waals surface area contributed by atoms with Crippen molar-refractivity contribution in [3.05, 3.63) is 29.3 Å². The first kappa shape index (κ1) is 14.7. The van der Waals surface area contributed by atoms with Crippen LogP contribution in [0.25, 0.3) is 0 Å².